The number of anilines is 2. The lowest BCUT2D eigenvalue weighted by atomic mass is 10.1. The molecule has 3 amide bonds. The number of carbonyl (C=O) groups is 2. The Morgan fingerprint density at radius 3 is 2.40 bits per heavy atom. The fraction of sp³-hybridized carbons (Fsp3) is 0.536. The van der Waals surface area contributed by atoms with Crippen molar-refractivity contribution in [2.45, 2.75) is 39.5 Å². The molecule has 0 unspecified atom stereocenters. The number of benzene rings is 1. The number of aliphatic hydroxyl groups excluding tert-OH is 2. The summed E-state index contributed by atoms with van der Waals surface area (Å²) in [5.41, 5.74) is 2.10. The number of hydrogen-bond acceptors (Lipinski definition) is 11. The number of hydrogen-bond donors (Lipinski definition) is 7. The summed E-state index contributed by atoms with van der Waals surface area (Å²) >= 11 is 0. The van der Waals surface area contributed by atoms with Crippen LogP contribution in [0.2, 0.25) is 0 Å². The molecular formula is C28H44N8O7. The number of aliphatic hydroxyl groups is 2. The molecule has 1 aromatic carbocycles. The molecule has 0 radical (unpaired) electrons. The molecule has 0 aliphatic carbocycles. The van der Waals surface area contributed by atoms with E-state index in [1.165, 1.54) is 12.1 Å². The SMILES string of the molecule is C=C1C=C(C(C)C)N=C(NC(=O)NCCCCCCNC(=O)OCCNc2ccc(N(CCO)CCO)cc2[N+](=O)[O-])N1. The largest absolute Gasteiger partial charge is 0.448 e. The average Bonchev–Trinajstić information content (AvgIpc) is 2.96. The number of nitrogens with zero attached hydrogens (tertiary/aromatic N) is 3. The predicted molar refractivity (Wildman–Crippen MR) is 165 cm³/mol. The van der Waals surface area contributed by atoms with Gasteiger partial charge in [0.05, 0.1) is 18.1 Å². The van der Waals surface area contributed by atoms with Gasteiger partial charge in [0.25, 0.3) is 5.69 Å². The molecule has 43 heavy (non-hydrogen) atoms. The fourth-order valence-corrected chi connectivity index (χ4v) is 4.07. The molecule has 0 saturated carbocycles. The van der Waals surface area contributed by atoms with Gasteiger partial charge in [0, 0.05) is 55.9 Å². The third kappa shape index (κ3) is 13.0. The third-order valence-electron chi connectivity index (χ3n) is 6.26. The van der Waals surface area contributed by atoms with Crippen molar-refractivity contribution < 1.29 is 29.5 Å². The van der Waals surface area contributed by atoms with Crippen LogP contribution in [0.25, 0.3) is 0 Å². The second-order valence-electron chi connectivity index (χ2n) is 10.0. The van der Waals surface area contributed by atoms with Crippen molar-refractivity contribution in [2.75, 3.05) is 62.8 Å². The minimum Gasteiger partial charge on any atom is -0.448 e. The van der Waals surface area contributed by atoms with Crippen LogP contribution in [-0.4, -0.2) is 85.8 Å². The number of amides is 3. The molecule has 0 saturated heterocycles. The molecule has 0 spiro atoms. The second-order valence-corrected chi connectivity index (χ2v) is 10.0. The number of nitro groups is 1. The zero-order valence-electron chi connectivity index (χ0n) is 24.9. The summed E-state index contributed by atoms with van der Waals surface area (Å²) in [6.07, 6.45) is 4.51. The number of nitro benzene ring substituents is 1. The number of guanidine groups is 1. The average molecular weight is 605 g/mol. The number of carbonyl (C=O) groups excluding carboxylic acids is 2. The van der Waals surface area contributed by atoms with Crippen LogP contribution in [0.5, 0.6) is 0 Å². The highest BCUT2D eigenvalue weighted by Gasteiger charge is 2.17. The van der Waals surface area contributed by atoms with Crippen molar-refractivity contribution in [1.29, 1.82) is 0 Å². The lowest BCUT2D eigenvalue weighted by Gasteiger charge is -2.23. The van der Waals surface area contributed by atoms with E-state index in [-0.39, 0.29) is 62.8 Å². The summed E-state index contributed by atoms with van der Waals surface area (Å²) in [5.74, 6) is 0.557. The van der Waals surface area contributed by atoms with E-state index in [4.69, 9.17) is 4.74 Å². The second kappa shape index (κ2) is 18.9. The Kier molecular flexibility index (Phi) is 15.3. The highest BCUT2D eigenvalue weighted by Crippen LogP contribution is 2.29. The number of alkyl carbamates (subject to hydrolysis) is 1. The zero-order valence-corrected chi connectivity index (χ0v) is 24.9. The van der Waals surface area contributed by atoms with Crippen molar-refractivity contribution in [3.8, 4) is 0 Å². The molecule has 0 aromatic heterocycles. The van der Waals surface area contributed by atoms with Crippen LogP contribution in [0.4, 0.5) is 26.7 Å². The number of rotatable bonds is 18. The van der Waals surface area contributed by atoms with Gasteiger partial charge in [-0.15, -0.1) is 0 Å². The van der Waals surface area contributed by atoms with E-state index >= 15 is 0 Å². The Morgan fingerprint density at radius 1 is 1.09 bits per heavy atom. The van der Waals surface area contributed by atoms with E-state index in [9.17, 15) is 29.9 Å². The minimum atomic E-state index is -0.578. The van der Waals surface area contributed by atoms with Crippen molar-refractivity contribution in [2.24, 2.45) is 10.9 Å². The van der Waals surface area contributed by atoms with Crippen molar-refractivity contribution in [1.82, 2.24) is 21.3 Å². The molecule has 1 heterocycles. The Morgan fingerprint density at radius 2 is 1.77 bits per heavy atom. The van der Waals surface area contributed by atoms with Gasteiger partial charge in [0.2, 0.25) is 5.96 Å². The van der Waals surface area contributed by atoms with Crippen LogP contribution in [-0.2, 0) is 4.74 Å². The van der Waals surface area contributed by atoms with Gasteiger partial charge >= 0.3 is 12.1 Å². The number of allylic oxidation sites excluding steroid dienone is 2. The van der Waals surface area contributed by atoms with Crippen LogP contribution in [0.3, 0.4) is 0 Å². The van der Waals surface area contributed by atoms with Gasteiger partial charge in [0.15, 0.2) is 0 Å². The van der Waals surface area contributed by atoms with Gasteiger partial charge in [-0.05, 0) is 37.0 Å². The van der Waals surface area contributed by atoms with E-state index in [2.05, 4.69) is 38.2 Å². The number of urea groups is 1. The monoisotopic (exact) mass is 604 g/mol. The standard InChI is InChI=1S/C28H44N8O7/c1-20(2)24-18-21(3)32-26(33-24)34-27(39)30-10-6-4-5-7-11-31-28(40)43-17-12-29-23-9-8-22(19-25(23)36(41)42)35(13-15-37)14-16-38/h8-9,18-20,29,37-38H,3-7,10-17H2,1-2H3,(H,31,40)(H3,30,32,33,34,39). The van der Waals surface area contributed by atoms with Gasteiger partial charge in [-0.3, -0.25) is 15.4 Å². The fourth-order valence-electron chi connectivity index (χ4n) is 4.07. The highest BCUT2D eigenvalue weighted by molar-refractivity contribution is 5.98. The van der Waals surface area contributed by atoms with Crippen LogP contribution >= 0.6 is 0 Å². The van der Waals surface area contributed by atoms with Crippen LogP contribution in [0, 0.1) is 16.0 Å². The van der Waals surface area contributed by atoms with Gasteiger partial charge in [-0.25, -0.2) is 14.6 Å². The molecule has 0 fully saturated rings. The molecule has 0 bridgehead atoms. The summed E-state index contributed by atoms with van der Waals surface area (Å²) in [5, 5.41) is 43.9. The maximum atomic E-state index is 12.1. The topological polar surface area (TPSA) is 203 Å². The molecular weight excluding hydrogens is 560 g/mol. The van der Waals surface area contributed by atoms with Gasteiger partial charge in [-0.1, -0.05) is 33.3 Å². The third-order valence-corrected chi connectivity index (χ3v) is 6.26. The van der Waals surface area contributed by atoms with Gasteiger partial charge in [-0.2, -0.15) is 0 Å². The zero-order chi connectivity index (χ0) is 31.6. The van der Waals surface area contributed by atoms with Crippen molar-refractivity contribution in [3.63, 3.8) is 0 Å². The van der Waals surface area contributed by atoms with E-state index in [1.54, 1.807) is 11.0 Å². The van der Waals surface area contributed by atoms with Gasteiger partial charge < -0.3 is 41.1 Å². The smallest absolute Gasteiger partial charge is 0.407 e. The lowest BCUT2D eigenvalue weighted by Crippen LogP contribution is -2.46. The highest BCUT2D eigenvalue weighted by atomic mass is 16.6. The number of nitrogens with one attached hydrogen (secondary N) is 5. The van der Waals surface area contributed by atoms with E-state index < -0.39 is 11.0 Å². The normalized spacial score (nSPS) is 12.5. The Bertz CT molecular complexity index is 1150. The summed E-state index contributed by atoms with van der Waals surface area (Å²) in [6, 6.07) is 4.21. The first kappa shape index (κ1) is 34.8. The maximum Gasteiger partial charge on any atom is 0.407 e. The van der Waals surface area contributed by atoms with E-state index in [1.807, 2.05) is 19.9 Å². The number of aliphatic imine (C=N–C) groups is 1. The van der Waals surface area contributed by atoms with Crippen LogP contribution in [0.15, 0.2) is 47.2 Å². The molecule has 238 valence electrons. The number of unbranched alkanes of at least 4 members (excludes halogenated alkanes) is 3. The first-order valence-corrected chi connectivity index (χ1v) is 14.3. The molecule has 1 aliphatic heterocycles. The van der Waals surface area contributed by atoms with Crippen molar-refractivity contribution in [3.05, 3.63) is 52.4 Å². The molecule has 15 nitrogen and oxygen atoms in total. The lowest BCUT2D eigenvalue weighted by molar-refractivity contribution is -0.383. The van der Waals surface area contributed by atoms with Crippen LogP contribution < -0.4 is 31.5 Å². The Labute approximate surface area is 251 Å². The van der Waals surface area contributed by atoms with Crippen LogP contribution in [0.1, 0.15) is 39.5 Å². The van der Waals surface area contributed by atoms with E-state index in [0.29, 0.717) is 30.4 Å². The molecule has 1 aromatic rings. The molecule has 7 N–H and O–H groups in total. The number of ether oxygens (including phenoxy) is 1. The molecule has 1 aliphatic rings. The maximum absolute atomic E-state index is 12.1. The molecule has 0 atom stereocenters. The summed E-state index contributed by atoms with van der Waals surface area (Å²) < 4.78 is 5.13. The van der Waals surface area contributed by atoms with E-state index in [0.717, 1.165) is 31.4 Å². The first-order valence-electron chi connectivity index (χ1n) is 14.3. The quantitative estimate of drug-likeness (QED) is 0.0741. The first-order chi connectivity index (χ1) is 20.6. The summed E-state index contributed by atoms with van der Waals surface area (Å²) in [4.78, 5) is 41.1. The molecule has 2 rings (SSSR count). The minimum absolute atomic E-state index is 0.00471. The Balaban J connectivity index is 1.57. The Hall–Kier alpha value is -4.37. The summed E-state index contributed by atoms with van der Waals surface area (Å²) in [6.45, 7) is 9.15. The predicted octanol–water partition coefficient (Wildman–Crippen LogP) is 2.40. The molecule has 15 heteroatoms. The van der Waals surface area contributed by atoms with Gasteiger partial charge in [0.1, 0.15) is 12.3 Å². The summed E-state index contributed by atoms with van der Waals surface area (Å²) in [7, 11) is 0. The van der Waals surface area contributed by atoms with Crippen molar-refractivity contribution >= 4 is 35.1 Å².